The number of allylic oxidation sites excluding steroid dienone is 1. The van der Waals surface area contributed by atoms with E-state index in [-0.39, 0.29) is 18.0 Å². The smallest absolute Gasteiger partial charge is 0.356 e. The number of imidazole rings is 1. The van der Waals surface area contributed by atoms with E-state index in [4.69, 9.17) is 9.47 Å². The average molecular weight is 629 g/mol. The molecular formula is C25H17BrN4O7S2. The van der Waals surface area contributed by atoms with Crippen molar-refractivity contribution in [2.75, 3.05) is 0 Å². The summed E-state index contributed by atoms with van der Waals surface area (Å²) in [5.74, 6) is -1.94. The number of alkyl halides is 1. The maximum atomic E-state index is 13.3. The van der Waals surface area contributed by atoms with Crippen molar-refractivity contribution in [3.63, 3.8) is 0 Å². The minimum atomic E-state index is -1.59. The lowest BCUT2D eigenvalue weighted by molar-refractivity contribution is -0.384. The van der Waals surface area contributed by atoms with Gasteiger partial charge in [-0.2, -0.15) is 0 Å². The molecule has 14 heteroatoms. The zero-order valence-corrected chi connectivity index (χ0v) is 23.2. The van der Waals surface area contributed by atoms with Crippen LogP contribution in [0.15, 0.2) is 65.5 Å². The van der Waals surface area contributed by atoms with Gasteiger partial charge in [-0.3, -0.25) is 29.0 Å². The Morgan fingerprint density at radius 3 is 2.67 bits per heavy atom. The normalized spacial score (nSPS) is 20.3. The second-order valence-corrected chi connectivity index (χ2v) is 12.2. The first-order valence-electron chi connectivity index (χ1n) is 11.5. The van der Waals surface area contributed by atoms with Crippen molar-refractivity contribution < 1.29 is 28.8 Å². The number of carbonyl (C=O) groups excluding carboxylic acids is 3. The molecular weight excluding hydrogens is 612 g/mol. The number of fused-ring (bicyclic) bond motifs is 4. The molecule has 0 radical (unpaired) electrons. The Morgan fingerprint density at radius 2 is 1.95 bits per heavy atom. The van der Waals surface area contributed by atoms with Crippen LogP contribution < -0.4 is 0 Å². The van der Waals surface area contributed by atoms with E-state index in [0.717, 1.165) is 20.7 Å². The van der Waals surface area contributed by atoms with Crippen LogP contribution in [0.2, 0.25) is 0 Å². The second-order valence-electron chi connectivity index (χ2n) is 8.82. The number of rotatable bonds is 7. The number of β-lactam (4-membered cyclic amide) rings is 1. The van der Waals surface area contributed by atoms with Crippen molar-refractivity contribution in [2.45, 2.75) is 29.8 Å². The fourth-order valence-corrected chi connectivity index (χ4v) is 7.88. The summed E-state index contributed by atoms with van der Waals surface area (Å²) < 4.78 is 12.3. The van der Waals surface area contributed by atoms with Crippen LogP contribution in [0.1, 0.15) is 18.1 Å². The highest BCUT2D eigenvalue weighted by Crippen LogP contribution is 2.56. The van der Waals surface area contributed by atoms with E-state index in [1.54, 1.807) is 17.5 Å². The number of hydrogen-bond donors (Lipinski definition) is 0. The number of thioether (sulfide) groups is 1. The van der Waals surface area contributed by atoms with Gasteiger partial charge in [-0.05, 0) is 51.3 Å². The summed E-state index contributed by atoms with van der Waals surface area (Å²) in [5.41, 5.74) is 2.49. The molecule has 2 atom stereocenters. The topological polar surface area (TPSA) is 133 Å². The number of halogens is 1. The van der Waals surface area contributed by atoms with Gasteiger partial charge in [0, 0.05) is 42.8 Å². The number of nitrogens with zero attached hydrogens (tertiary/aromatic N) is 4. The van der Waals surface area contributed by atoms with Crippen LogP contribution in [-0.2, 0) is 36.9 Å². The van der Waals surface area contributed by atoms with Gasteiger partial charge in [0.15, 0.2) is 4.96 Å². The number of thiazole rings is 1. The molecule has 39 heavy (non-hydrogen) atoms. The molecule has 2 unspecified atom stereocenters. The summed E-state index contributed by atoms with van der Waals surface area (Å²) in [4.78, 5) is 55.6. The first kappa shape index (κ1) is 25.5. The number of nitro benzene ring substituents is 1. The maximum absolute atomic E-state index is 13.3. The van der Waals surface area contributed by atoms with Crippen LogP contribution in [0.25, 0.3) is 15.2 Å². The third-order valence-electron chi connectivity index (χ3n) is 6.28. The lowest BCUT2D eigenvalue weighted by atomic mass is 10.1. The molecule has 0 N–H and O–H groups in total. The number of hydrogen-bond acceptors (Lipinski definition) is 10. The largest absolute Gasteiger partial charge is 0.456 e. The lowest BCUT2D eigenvalue weighted by Crippen LogP contribution is -2.69. The number of esters is 2. The SMILES string of the molecule is CC(=O)OC1(Br)C(=O)N2C(C(=O)OCc3ccc([N+](=O)[O-])cc3)=C(Cc3ccc4c(c3)sc3nccn34)SC21. The maximum Gasteiger partial charge on any atom is 0.356 e. The summed E-state index contributed by atoms with van der Waals surface area (Å²) in [6.07, 6.45) is 3.97. The van der Waals surface area contributed by atoms with Crippen LogP contribution >= 0.6 is 39.0 Å². The van der Waals surface area contributed by atoms with Crippen LogP contribution in [0.3, 0.4) is 0 Å². The molecule has 2 aromatic carbocycles. The van der Waals surface area contributed by atoms with Crippen LogP contribution in [0.5, 0.6) is 0 Å². The van der Waals surface area contributed by atoms with E-state index < -0.39 is 32.7 Å². The number of ether oxygens (including phenoxy) is 2. The van der Waals surface area contributed by atoms with Crippen LogP contribution in [0, 0.1) is 10.1 Å². The number of amides is 1. The zero-order chi connectivity index (χ0) is 27.5. The first-order chi connectivity index (χ1) is 18.7. The zero-order valence-electron chi connectivity index (χ0n) is 20.0. The summed E-state index contributed by atoms with van der Waals surface area (Å²) in [5, 5.41) is 10.2. The van der Waals surface area contributed by atoms with Crippen molar-refractivity contribution in [2.24, 2.45) is 0 Å². The van der Waals surface area contributed by atoms with E-state index in [1.165, 1.54) is 47.9 Å². The standard InChI is InChI=1S/C25H17BrN4O7S2/c1-13(31)37-25(26)22(33)29-20(21(32)36-12-14-2-5-16(6-3-14)30(34)35)19(38-23(25)29)11-15-4-7-17-18(10-15)39-24-27-8-9-28(17)24/h2-10,23H,11-12H2,1H3. The summed E-state index contributed by atoms with van der Waals surface area (Å²) in [6, 6.07) is 11.6. The van der Waals surface area contributed by atoms with E-state index >= 15 is 0 Å². The van der Waals surface area contributed by atoms with Gasteiger partial charge in [0.05, 0.1) is 15.1 Å². The Balaban J connectivity index is 1.29. The highest BCUT2D eigenvalue weighted by Gasteiger charge is 2.68. The van der Waals surface area contributed by atoms with E-state index in [9.17, 15) is 24.5 Å². The summed E-state index contributed by atoms with van der Waals surface area (Å²) >= 11 is 6.07. The van der Waals surface area contributed by atoms with E-state index in [1.807, 2.05) is 28.8 Å². The number of carbonyl (C=O) groups is 3. The predicted molar refractivity (Wildman–Crippen MR) is 146 cm³/mol. The highest BCUT2D eigenvalue weighted by molar-refractivity contribution is 9.10. The Kier molecular flexibility index (Phi) is 6.19. The van der Waals surface area contributed by atoms with Gasteiger partial charge < -0.3 is 9.47 Å². The molecule has 0 saturated carbocycles. The van der Waals surface area contributed by atoms with Crippen LogP contribution in [-0.4, -0.2) is 46.9 Å². The molecule has 2 aromatic heterocycles. The molecule has 0 bridgehead atoms. The Hall–Kier alpha value is -3.75. The minimum absolute atomic E-state index is 0.0774. The van der Waals surface area contributed by atoms with Gasteiger partial charge in [0.1, 0.15) is 17.7 Å². The van der Waals surface area contributed by atoms with Gasteiger partial charge in [-0.1, -0.05) is 29.2 Å². The van der Waals surface area contributed by atoms with Gasteiger partial charge in [0.2, 0.25) is 0 Å². The third-order valence-corrected chi connectivity index (χ3v) is 9.94. The fraction of sp³-hybridized carbons (Fsp3) is 0.200. The Labute approximate surface area is 236 Å². The van der Waals surface area contributed by atoms with Gasteiger partial charge in [-0.15, -0.1) is 0 Å². The minimum Gasteiger partial charge on any atom is -0.456 e. The molecule has 198 valence electrons. The van der Waals surface area contributed by atoms with Crippen molar-refractivity contribution in [1.29, 1.82) is 0 Å². The molecule has 2 aliphatic heterocycles. The number of benzene rings is 2. The quantitative estimate of drug-likeness (QED) is 0.0951. The molecule has 4 heterocycles. The van der Waals surface area contributed by atoms with Crippen LogP contribution in [0.4, 0.5) is 5.69 Å². The molecule has 6 rings (SSSR count). The van der Waals surface area contributed by atoms with Crippen molar-refractivity contribution >= 4 is 77.7 Å². The van der Waals surface area contributed by atoms with Gasteiger partial charge in [-0.25, -0.2) is 9.78 Å². The first-order valence-corrected chi connectivity index (χ1v) is 14.0. The molecule has 4 aromatic rings. The van der Waals surface area contributed by atoms with E-state index in [0.29, 0.717) is 16.9 Å². The Bertz CT molecular complexity index is 1730. The molecule has 0 aliphatic carbocycles. The van der Waals surface area contributed by atoms with Crippen molar-refractivity contribution in [3.8, 4) is 0 Å². The fourth-order valence-electron chi connectivity index (χ4n) is 4.50. The van der Waals surface area contributed by atoms with Gasteiger partial charge in [0.25, 0.3) is 16.1 Å². The lowest BCUT2D eigenvalue weighted by Gasteiger charge is -2.47. The summed E-state index contributed by atoms with van der Waals surface area (Å²) in [6.45, 7) is 1.06. The van der Waals surface area contributed by atoms with Crippen molar-refractivity contribution in [3.05, 3.63) is 86.7 Å². The average Bonchev–Trinajstić information content (AvgIpc) is 3.59. The van der Waals surface area contributed by atoms with Crippen molar-refractivity contribution in [1.82, 2.24) is 14.3 Å². The number of non-ortho nitro benzene ring substituents is 1. The molecule has 2 aliphatic rings. The highest BCUT2D eigenvalue weighted by atomic mass is 79.9. The monoisotopic (exact) mass is 628 g/mol. The molecule has 1 saturated heterocycles. The second kappa shape index (κ2) is 9.47. The molecule has 11 nitrogen and oxygen atoms in total. The molecule has 0 spiro atoms. The molecule has 1 amide bonds. The third kappa shape index (κ3) is 4.28. The number of nitro groups is 1. The van der Waals surface area contributed by atoms with E-state index in [2.05, 4.69) is 20.9 Å². The van der Waals surface area contributed by atoms with Gasteiger partial charge >= 0.3 is 11.9 Å². The molecule has 1 fully saturated rings. The number of aromatic nitrogens is 2. The predicted octanol–water partition coefficient (Wildman–Crippen LogP) is 4.52. The summed E-state index contributed by atoms with van der Waals surface area (Å²) in [7, 11) is 0. The Morgan fingerprint density at radius 1 is 1.21 bits per heavy atom.